The molecule has 1 aliphatic heterocycles. The largest absolute Gasteiger partial charge is 0.451 e. The van der Waals surface area contributed by atoms with Crippen LogP contribution in [0.25, 0.3) is 22.4 Å². The van der Waals surface area contributed by atoms with E-state index in [1.165, 1.54) is 48.5 Å². The van der Waals surface area contributed by atoms with Gasteiger partial charge in [0.2, 0.25) is 5.82 Å². The third-order valence-electron chi connectivity index (χ3n) is 6.95. The zero-order valence-corrected chi connectivity index (χ0v) is 23.2. The summed E-state index contributed by atoms with van der Waals surface area (Å²) in [4.78, 5) is 10.9. The molecule has 43 heavy (non-hydrogen) atoms. The summed E-state index contributed by atoms with van der Waals surface area (Å²) in [5.41, 5.74) is -0.00486. The number of halogens is 7. The molecular formula is C29H23F7N4O2S. The van der Waals surface area contributed by atoms with Gasteiger partial charge in [0, 0.05) is 43.7 Å². The summed E-state index contributed by atoms with van der Waals surface area (Å²) in [6.45, 7) is 0.554. The van der Waals surface area contributed by atoms with E-state index in [9.17, 15) is 39.2 Å². The second-order valence-electron chi connectivity index (χ2n) is 9.92. The quantitative estimate of drug-likeness (QED) is 0.230. The Morgan fingerprint density at radius 2 is 1.30 bits per heavy atom. The van der Waals surface area contributed by atoms with Gasteiger partial charge in [0.1, 0.15) is 11.6 Å². The van der Waals surface area contributed by atoms with E-state index in [1.54, 1.807) is 9.80 Å². The van der Waals surface area contributed by atoms with E-state index >= 15 is 0 Å². The van der Waals surface area contributed by atoms with Crippen molar-refractivity contribution in [2.45, 2.75) is 17.2 Å². The lowest BCUT2D eigenvalue weighted by Gasteiger charge is -2.38. The van der Waals surface area contributed by atoms with Crippen molar-refractivity contribution in [3.8, 4) is 22.4 Å². The topological polar surface area (TPSA) is 66.4 Å². The fourth-order valence-corrected chi connectivity index (χ4v) is 5.44. The minimum atomic E-state index is -4.95. The van der Waals surface area contributed by atoms with Crippen LogP contribution in [-0.4, -0.2) is 50.8 Å². The van der Waals surface area contributed by atoms with E-state index in [0.717, 1.165) is 30.5 Å². The smallest absolute Gasteiger partial charge is 0.368 e. The first kappa shape index (κ1) is 30.3. The van der Waals surface area contributed by atoms with Crippen molar-refractivity contribution in [3.05, 3.63) is 90.0 Å². The molecule has 6 nitrogen and oxygen atoms in total. The molecule has 1 aliphatic rings. The van der Waals surface area contributed by atoms with Gasteiger partial charge in [-0.25, -0.2) is 22.8 Å². The number of alkyl halides is 6. The van der Waals surface area contributed by atoms with Crippen LogP contribution in [0.5, 0.6) is 0 Å². The van der Waals surface area contributed by atoms with Crippen molar-refractivity contribution in [1.29, 1.82) is 0 Å². The predicted octanol–water partition coefficient (Wildman–Crippen LogP) is 6.72. The van der Waals surface area contributed by atoms with Gasteiger partial charge in [-0.3, -0.25) is 0 Å². The van der Waals surface area contributed by atoms with Crippen LogP contribution in [0.4, 0.5) is 42.2 Å². The number of benzene rings is 3. The number of hydrogen-bond acceptors (Lipinski definition) is 6. The molecule has 0 unspecified atom stereocenters. The Morgan fingerprint density at radius 3 is 1.86 bits per heavy atom. The predicted molar refractivity (Wildman–Crippen MR) is 147 cm³/mol. The van der Waals surface area contributed by atoms with Gasteiger partial charge in [0.25, 0.3) is 0 Å². The van der Waals surface area contributed by atoms with E-state index in [0.29, 0.717) is 11.3 Å². The first-order chi connectivity index (χ1) is 20.1. The zero-order valence-electron chi connectivity index (χ0n) is 22.4. The molecule has 1 saturated heterocycles. The summed E-state index contributed by atoms with van der Waals surface area (Å²) in [5, 5.41) is 0. The van der Waals surface area contributed by atoms with Gasteiger partial charge in [0.05, 0.1) is 21.7 Å². The second kappa shape index (κ2) is 11.1. The summed E-state index contributed by atoms with van der Waals surface area (Å²) < 4.78 is 120. The summed E-state index contributed by atoms with van der Waals surface area (Å²) in [6, 6.07) is 15.0. The fraction of sp³-hybridized carbons (Fsp3) is 0.241. The highest BCUT2D eigenvalue weighted by molar-refractivity contribution is 7.90. The molecule has 0 bridgehead atoms. The average molecular weight is 625 g/mol. The van der Waals surface area contributed by atoms with Gasteiger partial charge in [-0.2, -0.15) is 26.3 Å². The van der Waals surface area contributed by atoms with Crippen LogP contribution < -0.4 is 9.80 Å². The molecule has 14 heteroatoms. The number of anilines is 2. The minimum absolute atomic E-state index is 0.0457. The van der Waals surface area contributed by atoms with Crippen LogP contribution in [-0.2, 0) is 22.2 Å². The number of piperazine rings is 1. The second-order valence-corrected chi connectivity index (χ2v) is 11.9. The molecule has 0 amide bonds. The minimum Gasteiger partial charge on any atom is -0.368 e. The highest BCUT2D eigenvalue weighted by atomic mass is 32.2. The molecule has 0 saturated carbocycles. The van der Waals surface area contributed by atoms with Crippen LogP contribution in [0.3, 0.4) is 0 Å². The lowest BCUT2D eigenvalue weighted by Crippen LogP contribution is -2.47. The Morgan fingerprint density at radius 1 is 0.721 bits per heavy atom. The van der Waals surface area contributed by atoms with Crippen LogP contribution >= 0.6 is 0 Å². The average Bonchev–Trinajstić information content (AvgIpc) is 2.96. The van der Waals surface area contributed by atoms with Gasteiger partial charge in [0.15, 0.2) is 9.84 Å². The van der Waals surface area contributed by atoms with Gasteiger partial charge in [-0.15, -0.1) is 0 Å². The van der Waals surface area contributed by atoms with E-state index in [4.69, 9.17) is 0 Å². The van der Waals surface area contributed by atoms with Crippen molar-refractivity contribution in [2.75, 3.05) is 42.2 Å². The van der Waals surface area contributed by atoms with E-state index in [-0.39, 0.29) is 53.7 Å². The molecule has 3 aromatic carbocycles. The lowest BCUT2D eigenvalue weighted by atomic mass is 9.98. The summed E-state index contributed by atoms with van der Waals surface area (Å²) in [5.74, 6) is -2.11. The third kappa shape index (κ3) is 6.58. The number of sulfone groups is 1. The molecule has 4 aromatic rings. The first-order valence-corrected chi connectivity index (χ1v) is 14.7. The number of nitrogens with zero attached hydrogens (tertiary/aromatic N) is 4. The Kier molecular flexibility index (Phi) is 7.84. The van der Waals surface area contributed by atoms with Crippen molar-refractivity contribution in [3.63, 3.8) is 0 Å². The van der Waals surface area contributed by atoms with E-state index in [2.05, 4.69) is 9.97 Å². The summed E-state index contributed by atoms with van der Waals surface area (Å²) >= 11 is 0. The molecular weight excluding hydrogens is 601 g/mol. The lowest BCUT2D eigenvalue weighted by molar-refractivity contribution is -0.144. The van der Waals surface area contributed by atoms with Crippen molar-refractivity contribution in [1.82, 2.24) is 9.97 Å². The standard InChI is InChI=1S/C29H23F7N4O2S/c1-43(41,42)23-11-7-19(8-12-23)25-24(18-5-9-21(30)10-6-18)26(38-27(37-25)29(34,35)36)40-15-13-39(14-16-40)22-4-2-3-20(17-22)28(31,32)33/h2-12,17H,13-16H2,1H3. The molecule has 226 valence electrons. The maximum Gasteiger partial charge on any atom is 0.451 e. The maximum atomic E-state index is 14.1. The maximum absolute atomic E-state index is 14.1. The molecule has 0 radical (unpaired) electrons. The first-order valence-electron chi connectivity index (χ1n) is 12.8. The van der Waals surface area contributed by atoms with Crippen LogP contribution in [0.1, 0.15) is 11.4 Å². The summed E-state index contributed by atoms with van der Waals surface area (Å²) in [7, 11) is -3.59. The number of hydrogen-bond donors (Lipinski definition) is 0. The highest BCUT2D eigenvalue weighted by Gasteiger charge is 2.38. The Bertz CT molecular complexity index is 1730. The van der Waals surface area contributed by atoms with Crippen molar-refractivity contribution in [2.24, 2.45) is 0 Å². The molecule has 0 aliphatic carbocycles. The molecule has 5 rings (SSSR count). The normalized spacial score (nSPS) is 14.7. The van der Waals surface area contributed by atoms with Crippen molar-refractivity contribution >= 4 is 21.3 Å². The van der Waals surface area contributed by atoms with Crippen LogP contribution in [0.15, 0.2) is 77.7 Å². The molecule has 1 fully saturated rings. The monoisotopic (exact) mass is 624 g/mol. The molecule has 0 N–H and O–H groups in total. The molecule has 0 spiro atoms. The fourth-order valence-electron chi connectivity index (χ4n) is 4.81. The zero-order chi connectivity index (χ0) is 31.2. The van der Waals surface area contributed by atoms with Crippen LogP contribution in [0.2, 0.25) is 0 Å². The van der Waals surface area contributed by atoms with Crippen molar-refractivity contribution < 1.29 is 39.2 Å². The van der Waals surface area contributed by atoms with E-state index in [1.807, 2.05) is 0 Å². The van der Waals surface area contributed by atoms with Gasteiger partial charge < -0.3 is 9.80 Å². The molecule has 1 aromatic heterocycles. The van der Waals surface area contributed by atoms with Gasteiger partial charge >= 0.3 is 12.4 Å². The van der Waals surface area contributed by atoms with Gasteiger partial charge in [-0.05, 0) is 48.0 Å². The Hall–Kier alpha value is -4.20. The highest BCUT2D eigenvalue weighted by Crippen LogP contribution is 2.41. The summed E-state index contributed by atoms with van der Waals surface area (Å²) in [6.07, 6.45) is -8.49. The Labute approximate surface area is 242 Å². The number of aromatic nitrogens is 2. The Balaban J connectivity index is 1.60. The molecule has 2 heterocycles. The van der Waals surface area contributed by atoms with Crippen LogP contribution in [0, 0.1) is 5.82 Å². The molecule has 0 atom stereocenters. The number of rotatable bonds is 5. The van der Waals surface area contributed by atoms with Gasteiger partial charge in [-0.1, -0.05) is 30.3 Å². The van der Waals surface area contributed by atoms with E-state index < -0.39 is 39.4 Å². The SMILES string of the molecule is CS(=O)(=O)c1ccc(-c2nc(C(F)(F)F)nc(N3CCN(c4cccc(C(F)(F)F)c4)CC3)c2-c2ccc(F)cc2)cc1. The third-order valence-corrected chi connectivity index (χ3v) is 8.08.